The van der Waals surface area contributed by atoms with E-state index in [4.69, 9.17) is 5.11 Å². The molecule has 0 aliphatic carbocycles. The third-order valence-corrected chi connectivity index (χ3v) is 5.17. The number of halogens is 2. The molecule has 3 aromatic rings. The summed E-state index contributed by atoms with van der Waals surface area (Å²) in [7, 11) is 0. The van der Waals surface area contributed by atoms with Crippen LogP contribution >= 0.6 is 0 Å². The van der Waals surface area contributed by atoms with E-state index in [0.29, 0.717) is 31.6 Å². The fourth-order valence-electron chi connectivity index (χ4n) is 3.58. The average Bonchev–Trinajstić information content (AvgIpc) is 3.12. The van der Waals surface area contributed by atoms with Gasteiger partial charge < -0.3 is 5.11 Å². The normalized spacial score (nSPS) is 11.8. The molecule has 0 unspecified atom stereocenters. The van der Waals surface area contributed by atoms with Crippen LogP contribution in [0.2, 0.25) is 0 Å². The first kappa shape index (κ1) is 23.6. The van der Waals surface area contributed by atoms with Crippen molar-refractivity contribution in [3.63, 3.8) is 0 Å². The standard InChI is InChI=1S/C25H29F2N3O2/c1-4-12-25(26,27)24-28-22(13-17(2)3)30(29-24)16-19-10-8-18(9-11-19)14-20-6-5-7-21(15-20)23(31)32/h5-11,15,17H,4,12-14,16H2,1-3H3,(H,31,32). The Morgan fingerprint density at radius 2 is 1.78 bits per heavy atom. The van der Waals surface area contributed by atoms with Crippen LogP contribution in [0.1, 0.15) is 72.3 Å². The van der Waals surface area contributed by atoms with Gasteiger partial charge >= 0.3 is 11.9 Å². The summed E-state index contributed by atoms with van der Waals surface area (Å²) in [5.41, 5.74) is 3.15. The Kier molecular flexibility index (Phi) is 7.38. The van der Waals surface area contributed by atoms with Gasteiger partial charge in [-0.15, -0.1) is 5.10 Å². The molecule has 0 aliphatic heterocycles. The number of rotatable bonds is 10. The van der Waals surface area contributed by atoms with Crippen molar-refractivity contribution in [2.75, 3.05) is 0 Å². The Hall–Kier alpha value is -3.09. The molecule has 0 saturated carbocycles. The van der Waals surface area contributed by atoms with E-state index in [9.17, 15) is 13.6 Å². The lowest BCUT2D eigenvalue weighted by Gasteiger charge is -2.10. The summed E-state index contributed by atoms with van der Waals surface area (Å²) in [5.74, 6) is -3.53. The van der Waals surface area contributed by atoms with Gasteiger partial charge in [-0.1, -0.05) is 57.2 Å². The largest absolute Gasteiger partial charge is 0.478 e. The molecule has 32 heavy (non-hydrogen) atoms. The molecule has 0 fully saturated rings. The van der Waals surface area contributed by atoms with Gasteiger partial charge in [-0.2, -0.15) is 8.78 Å². The monoisotopic (exact) mass is 441 g/mol. The molecule has 170 valence electrons. The van der Waals surface area contributed by atoms with Crippen molar-refractivity contribution in [2.45, 2.75) is 58.9 Å². The highest BCUT2D eigenvalue weighted by atomic mass is 19.3. The second-order valence-electron chi connectivity index (χ2n) is 8.56. The number of carboxylic acid groups (broad SMARTS) is 1. The number of hydrogen-bond donors (Lipinski definition) is 1. The van der Waals surface area contributed by atoms with Crippen LogP contribution in [0.5, 0.6) is 0 Å². The fraction of sp³-hybridized carbons (Fsp3) is 0.400. The minimum absolute atomic E-state index is 0.263. The highest BCUT2D eigenvalue weighted by Gasteiger charge is 2.36. The van der Waals surface area contributed by atoms with Gasteiger partial charge in [0.05, 0.1) is 12.1 Å². The number of carboxylic acids is 1. The zero-order chi connectivity index (χ0) is 23.3. The molecular weight excluding hydrogens is 412 g/mol. The molecule has 0 bridgehead atoms. The zero-order valence-corrected chi connectivity index (χ0v) is 18.7. The molecule has 1 aromatic heterocycles. The molecule has 7 heteroatoms. The van der Waals surface area contributed by atoms with Crippen molar-refractivity contribution in [1.82, 2.24) is 14.8 Å². The van der Waals surface area contributed by atoms with Gasteiger partial charge in [0.2, 0.25) is 5.82 Å². The van der Waals surface area contributed by atoms with Crippen LogP contribution in [0.15, 0.2) is 48.5 Å². The van der Waals surface area contributed by atoms with E-state index in [2.05, 4.69) is 10.1 Å². The van der Waals surface area contributed by atoms with Crippen LogP contribution in [-0.2, 0) is 25.3 Å². The minimum atomic E-state index is -3.03. The lowest BCUT2D eigenvalue weighted by atomic mass is 10.0. The van der Waals surface area contributed by atoms with E-state index in [-0.39, 0.29) is 17.9 Å². The van der Waals surface area contributed by atoms with Crippen LogP contribution in [0.25, 0.3) is 0 Å². The number of carbonyl (C=O) groups is 1. The van der Waals surface area contributed by atoms with Crippen molar-refractivity contribution >= 4 is 5.97 Å². The Morgan fingerprint density at radius 3 is 2.41 bits per heavy atom. The maximum absolute atomic E-state index is 14.4. The van der Waals surface area contributed by atoms with Gasteiger partial charge in [0, 0.05) is 12.8 Å². The van der Waals surface area contributed by atoms with Crippen LogP contribution in [0, 0.1) is 5.92 Å². The van der Waals surface area contributed by atoms with E-state index >= 15 is 0 Å². The molecule has 1 heterocycles. The summed E-state index contributed by atoms with van der Waals surface area (Å²) in [6, 6.07) is 14.7. The molecular formula is C25H29F2N3O2. The van der Waals surface area contributed by atoms with E-state index in [1.807, 2.05) is 44.2 Å². The lowest BCUT2D eigenvalue weighted by Crippen LogP contribution is -2.15. The van der Waals surface area contributed by atoms with Crippen molar-refractivity contribution in [3.8, 4) is 0 Å². The second kappa shape index (κ2) is 10.0. The molecule has 0 radical (unpaired) electrons. The molecule has 0 saturated heterocycles. The Morgan fingerprint density at radius 1 is 1.09 bits per heavy atom. The summed E-state index contributed by atoms with van der Waals surface area (Å²) < 4.78 is 30.4. The predicted molar refractivity (Wildman–Crippen MR) is 119 cm³/mol. The Bertz CT molecular complexity index is 1060. The van der Waals surface area contributed by atoms with E-state index in [1.165, 1.54) is 0 Å². The van der Waals surface area contributed by atoms with Gasteiger partial charge in [0.25, 0.3) is 0 Å². The Balaban J connectivity index is 1.77. The summed E-state index contributed by atoms with van der Waals surface area (Å²) in [6.07, 6.45) is 1.28. The molecule has 0 atom stereocenters. The number of alkyl halides is 2. The highest BCUT2D eigenvalue weighted by Crippen LogP contribution is 2.31. The number of hydrogen-bond acceptors (Lipinski definition) is 3. The summed E-state index contributed by atoms with van der Waals surface area (Å²) in [4.78, 5) is 15.3. The minimum Gasteiger partial charge on any atom is -0.478 e. The number of benzene rings is 2. The molecule has 0 amide bonds. The summed E-state index contributed by atoms with van der Waals surface area (Å²) >= 11 is 0. The first-order valence-electron chi connectivity index (χ1n) is 10.9. The van der Waals surface area contributed by atoms with Gasteiger partial charge in [-0.3, -0.25) is 0 Å². The van der Waals surface area contributed by atoms with Crippen molar-refractivity contribution < 1.29 is 18.7 Å². The van der Waals surface area contributed by atoms with Crippen molar-refractivity contribution in [3.05, 3.63) is 82.4 Å². The quantitative estimate of drug-likeness (QED) is 0.438. The Labute approximate surface area is 187 Å². The maximum atomic E-state index is 14.4. The van der Waals surface area contributed by atoms with E-state index < -0.39 is 17.7 Å². The molecule has 5 nitrogen and oxygen atoms in total. The molecule has 0 aliphatic rings. The van der Waals surface area contributed by atoms with Crippen molar-refractivity contribution in [1.29, 1.82) is 0 Å². The first-order valence-corrected chi connectivity index (χ1v) is 10.9. The third-order valence-electron chi connectivity index (χ3n) is 5.17. The number of aromatic nitrogens is 3. The van der Waals surface area contributed by atoms with Gasteiger partial charge in [-0.25, -0.2) is 14.5 Å². The third kappa shape index (κ3) is 5.99. The SMILES string of the molecule is CCCC(F)(F)c1nc(CC(C)C)n(Cc2ccc(Cc3cccc(C(=O)O)c3)cc2)n1. The lowest BCUT2D eigenvalue weighted by molar-refractivity contribution is -0.0232. The second-order valence-corrected chi connectivity index (χ2v) is 8.56. The fourth-order valence-corrected chi connectivity index (χ4v) is 3.58. The topological polar surface area (TPSA) is 68.0 Å². The van der Waals surface area contributed by atoms with Crippen molar-refractivity contribution in [2.24, 2.45) is 5.92 Å². The van der Waals surface area contributed by atoms with Gasteiger partial charge in [0.1, 0.15) is 5.82 Å². The highest BCUT2D eigenvalue weighted by molar-refractivity contribution is 5.87. The van der Waals surface area contributed by atoms with E-state index in [1.54, 1.807) is 29.8 Å². The van der Waals surface area contributed by atoms with Crippen LogP contribution < -0.4 is 0 Å². The molecule has 1 N–H and O–H groups in total. The smallest absolute Gasteiger partial charge is 0.335 e. The molecule has 2 aromatic carbocycles. The van der Waals surface area contributed by atoms with Crippen LogP contribution in [-0.4, -0.2) is 25.8 Å². The first-order chi connectivity index (χ1) is 15.2. The number of aromatic carboxylic acids is 1. The van der Waals surface area contributed by atoms with Gasteiger partial charge in [-0.05, 0) is 47.6 Å². The number of nitrogens with zero attached hydrogens (tertiary/aromatic N) is 3. The molecule has 0 spiro atoms. The van der Waals surface area contributed by atoms with Gasteiger partial charge in [0.15, 0.2) is 0 Å². The van der Waals surface area contributed by atoms with Crippen LogP contribution in [0.4, 0.5) is 8.78 Å². The van der Waals surface area contributed by atoms with E-state index in [0.717, 1.165) is 16.7 Å². The zero-order valence-electron chi connectivity index (χ0n) is 18.7. The summed E-state index contributed by atoms with van der Waals surface area (Å²) in [6.45, 7) is 6.14. The van der Waals surface area contributed by atoms with Crippen LogP contribution in [0.3, 0.4) is 0 Å². The molecule has 3 rings (SSSR count). The summed E-state index contributed by atoms with van der Waals surface area (Å²) in [5, 5.41) is 13.3. The average molecular weight is 442 g/mol. The predicted octanol–water partition coefficient (Wildman–Crippen LogP) is 5.71. The maximum Gasteiger partial charge on any atom is 0.335 e.